The summed E-state index contributed by atoms with van der Waals surface area (Å²) in [6.45, 7) is -0.557. The summed E-state index contributed by atoms with van der Waals surface area (Å²) in [5.41, 5.74) is 6.00. The van der Waals surface area contributed by atoms with Crippen LogP contribution in [0.4, 0.5) is 10.1 Å². The van der Waals surface area contributed by atoms with Crippen LogP contribution in [0.5, 0.6) is 5.75 Å². The van der Waals surface area contributed by atoms with Crippen molar-refractivity contribution in [2.75, 3.05) is 19.0 Å². The summed E-state index contributed by atoms with van der Waals surface area (Å²) >= 11 is 8.93. The first-order chi connectivity index (χ1) is 6.15. The third kappa shape index (κ3) is 2.74. The molecule has 0 aromatic heterocycles. The first-order valence-corrected chi connectivity index (χ1v) is 4.75. The van der Waals surface area contributed by atoms with Gasteiger partial charge in [0.25, 0.3) is 0 Å². The van der Waals surface area contributed by atoms with Crippen molar-refractivity contribution in [1.82, 2.24) is 0 Å². The van der Waals surface area contributed by atoms with Gasteiger partial charge in [0.15, 0.2) is 5.75 Å². The normalized spacial score (nSPS) is 10.1. The van der Waals surface area contributed by atoms with Gasteiger partial charge in [-0.05, 0) is 28.1 Å². The Morgan fingerprint density at radius 3 is 2.77 bits per heavy atom. The lowest BCUT2D eigenvalue weighted by molar-refractivity contribution is 0.273. The minimum absolute atomic E-state index is 0.00949. The second-order valence-electron chi connectivity index (χ2n) is 2.34. The van der Waals surface area contributed by atoms with Crippen LogP contribution in [0.15, 0.2) is 16.6 Å². The van der Waals surface area contributed by atoms with Crippen LogP contribution >= 0.6 is 27.5 Å². The Bertz CT molecular complexity index is 285. The predicted molar refractivity (Wildman–Crippen MR) is 55.0 cm³/mol. The Morgan fingerprint density at radius 1 is 1.54 bits per heavy atom. The SMILES string of the molecule is Nc1cc(Cl)cc(Br)c1OCCF. The van der Waals surface area contributed by atoms with Gasteiger partial charge in [-0.2, -0.15) is 0 Å². The van der Waals surface area contributed by atoms with Crippen LogP contribution in [-0.2, 0) is 0 Å². The van der Waals surface area contributed by atoms with Crippen molar-refractivity contribution in [1.29, 1.82) is 0 Å². The number of hydrogen-bond donors (Lipinski definition) is 1. The zero-order valence-electron chi connectivity index (χ0n) is 6.69. The van der Waals surface area contributed by atoms with Gasteiger partial charge in [0, 0.05) is 5.02 Å². The maximum atomic E-state index is 11.8. The van der Waals surface area contributed by atoms with Crippen LogP contribution in [0, 0.1) is 0 Å². The van der Waals surface area contributed by atoms with E-state index in [9.17, 15) is 4.39 Å². The lowest BCUT2D eigenvalue weighted by atomic mass is 10.3. The monoisotopic (exact) mass is 267 g/mol. The van der Waals surface area contributed by atoms with Gasteiger partial charge in [0.2, 0.25) is 0 Å². The molecule has 0 amide bonds. The molecular formula is C8H8BrClFNO. The van der Waals surface area contributed by atoms with E-state index in [1.807, 2.05) is 0 Å². The maximum absolute atomic E-state index is 11.8. The molecular weight excluding hydrogens is 260 g/mol. The molecule has 0 heterocycles. The number of halogens is 3. The van der Waals surface area contributed by atoms with Crippen LogP contribution in [0.2, 0.25) is 5.02 Å². The first-order valence-electron chi connectivity index (χ1n) is 3.58. The van der Waals surface area contributed by atoms with Crippen molar-refractivity contribution in [2.24, 2.45) is 0 Å². The number of anilines is 1. The quantitative estimate of drug-likeness (QED) is 0.855. The number of hydrogen-bond acceptors (Lipinski definition) is 2. The Labute approximate surface area is 89.0 Å². The van der Waals surface area contributed by atoms with E-state index in [0.717, 1.165) is 0 Å². The number of nitrogen functional groups attached to an aromatic ring is 1. The van der Waals surface area contributed by atoms with E-state index in [-0.39, 0.29) is 6.61 Å². The van der Waals surface area contributed by atoms with Crippen LogP contribution < -0.4 is 10.5 Å². The van der Waals surface area contributed by atoms with Crippen molar-refractivity contribution in [3.05, 3.63) is 21.6 Å². The van der Waals surface area contributed by atoms with Crippen LogP contribution in [0.3, 0.4) is 0 Å². The van der Waals surface area contributed by atoms with E-state index < -0.39 is 6.67 Å². The molecule has 0 unspecified atom stereocenters. The van der Waals surface area contributed by atoms with Crippen molar-refractivity contribution in [3.8, 4) is 5.75 Å². The molecule has 0 saturated heterocycles. The van der Waals surface area contributed by atoms with E-state index in [4.69, 9.17) is 22.1 Å². The second-order valence-corrected chi connectivity index (χ2v) is 3.63. The zero-order chi connectivity index (χ0) is 9.84. The molecule has 2 nitrogen and oxygen atoms in total. The van der Waals surface area contributed by atoms with E-state index in [1.54, 1.807) is 12.1 Å². The first kappa shape index (κ1) is 10.6. The fourth-order valence-corrected chi connectivity index (χ4v) is 1.82. The average Bonchev–Trinajstić information content (AvgIpc) is 2.02. The lowest BCUT2D eigenvalue weighted by Gasteiger charge is -2.09. The molecule has 5 heteroatoms. The molecule has 0 bridgehead atoms. The van der Waals surface area contributed by atoms with Gasteiger partial charge in [-0.15, -0.1) is 0 Å². The Balaban J connectivity index is 2.92. The summed E-state index contributed by atoms with van der Waals surface area (Å²) < 4.78 is 17.5. The van der Waals surface area contributed by atoms with Crippen molar-refractivity contribution < 1.29 is 9.13 Å². The Kier molecular flexibility index (Phi) is 3.81. The zero-order valence-corrected chi connectivity index (χ0v) is 9.03. The number of alkyl halides is 1. The molecule has 0 aliphatic carbocycles. The van der Waals surface area contributed by atoms with Gasteiger partial charge in [-0.25, -0.2) is 4.39 Å². The minimum Gasteiger partial charge on any atom is -0.488 e. The molecule has 13 heavy (non-hydrogen) atoms. The average molecular weight is 269 g/mol. The molecule has 0 aliphatic heterocycles. The molecule has 72 valence electrons. The highest BCUT2D eigenvalue weighted by molar-refractivity contribution is 9.10. The van der Waals surface area contributed by atoms with Crippen LogP contribution in [-0.4, -0.2) is 13.3 Å². The standard InChI is InChI=1S/C8H8BrClFNO/c9-6-3-5(10)4-7(12)8(6)13-2-1-11/h3-4H,1-2,12H2. The van der Waals surface area contributed by atoms with E-state index in [2.05, 4.69) is 15.9 Å². The third-order valence-electron chi connectivity index (χ3n) is 1.36. The summed E-state index contributed by atoms with van der Waals surface area (Å²) in [5.74, 6) is 0.432. The van der Waals surface area contributed by atoms with E-state index >= 15 is 0 Å². The number of nitrogens with two attached hydrogens (primary N) is 1. The largest absolute Gasteiger partial charge is 0.488 e. The molecule has 0 spiro atoms. The summed E-state index contributed by atoms with van der Waals surface area (Å²) in [7, 11) is 0. The lowest BCUT2D eigenvalue weighted by Crippen LogP contribution is -2.02. The summed E-state index contributed by atoms with van der Waals surface area (Å²) in [4.78, 5) is 0. The molecule has 0 aliphatic rings. The Hall–Kier alpha value is -0.480. The van der Waals surface area contributed by atoms with Crippen molar-refractivity contribution >= 4 is 33.2 Å². The maximum Gasteiger partial charge on any atom is 0.156 e. The Morgan fingerprint density at radius 2 is 2.23 bits per heavy atom. The van der Waals surface area contributed by atoms with Gasteiger partial charge in [-0.1, -0.05) is 11.6 Å². The fraction of sp³-hybridized carbons (Fsp3) is 0.250. The molecule has 0 fully saturated rings. The third-order valence-corrected chi connectivity index (χ3v) is 2.17. The van der Waals surface area contributed by atoms with Crippen LogP contribution in [0.25, 0.3) is 0 Å². The second kappa shape index (κ2) is 4.67. The highest BCUT2D eigenvalue weighted by atomic mass is 79.9. The molecule has 1 aromatic carbocycles. The van der Waals surface area contributed by atoms with E-state index in [1.165, 1.54) is 0 Å². The molecule has 1 aromatic rings. The smallest absolute Gasteiger partial charge is 0.156 e. The number of benzene rings is 1. The number of ether oxygens (including phenoxy) is 1. The molecule has 2 N–H and O–H groups in total. The van der Waals surface area contributed by atoms with Gasteiger partial charge in [-0.3, -0.25) is 0 Å². The minimum atomic E-state index is -0.547. The summed E-state index contributed by atoms with van der Waals surface area (Å²) in [6, 6.07) is 3.20. The summed E-state index contributed by atoms with van der Waals surface area (Å²) in [5, 5.41) is 0.511. The highest BCUT2D eigenvalue weighted by Gasteiger charge is 2.07. The van der Waals surface area contributed by atoms with Crippen molar-refractivity contribution in [2.45, 2.75) is 0 Å². The van der Waals surface area contributed by atoms with Gasteiger partial charge in [0.1, 0.15) is 13.3 Å². The summed E-state index contributed by atoms with van der Waals surface area (Å²) in [6.07, 6.45) is 0. The fourth-order valence-electron chi connectivity index (χ4n) is 0.873. The van der Waals surface area contributed by atoms with E-state index in [0.29, 0.717) is 20.9 Å². The molecule has 0 radical (unpaired) electrons. The van der Waals surface area contributed by atoms with Crippen LogP contribution in [0.1, 0.15) is 0 Å². The van der Waals surface area contributed by atoms with Gasteiger partial charge < -0.3 is 10.5 Å². The van der Waals surface area contributed by atoms with Gasteiger partial charge in [0.05, 0.1) is 10.2 Å². The topological polar surface area (TPSA) is 35.2 Å². The molecule has 0 atom stereocenters. The predicted octanol–water partition coefficient (Wildman–Crippen LogP) is 3.03. The van der Waals surface area contributed by atoms with Crippen molar-refractivity contribution in [3.63, 3.8) is 0 Å². The molecule has 0 saturated carbocycles. The van der Waals surface area contributed by atoms with Gasteiger partial charge >= 0.3 is 0 Å². The number of rotatable bonds is 3. The molecule has 1 rings (SSSR count). The highest BCUT2D eigenvalue weighted by Crippen LogP contribution is 2.34.